The summed E-state index contributed by atoms with van der Waals surface area (Å²) in [5.41, 5.74) is 4.52. The Labute approximate surface area is 524 Å². The molecule has 16 atom stereocenters. The number of fused-ring (bicyclic) bond motifs is 3. The third-order valence-electron chi connectivity index (χ3n) is 18.7. The molecule has 5 rings (SSSR count). The van der Waals surface area contributed by atoms with E-state index in [1.54, 1.807) is 41.5 Å². The third-order valence-corrected chi connectivity index (χ3v) is 18.7. The molecule has 0 bridgehead atoms. The Bertz CT molecular complexity index is 2820. The number of alkyl halides is 2. The van der Waals surface area contributed by atoms with Crippen molar-refractivity contribution in [3.63, 3.8) is 0 Å². The number of esters is 1. The number of carbonyl (C=O) groups excluding carboxylic acids is 9. The third kappa shape index (κ3) is 17.4. The smallest absolute Gasteiger partial charge is 0.408 e. The first-order valence-electron chi connectivity index (χ1n) is 31.3. The van der Waals surface area contributed by atoms with Gasteiger partial charge in [-0.15, -0.1) is 0 Å². The number of ketones is 3. The number of aliphatic hydroxyl groups is 2. The minimum Gasteiger partial charge on any atom is -0.481 e. The lowest BCUT2D eigenvalue weighted by Gasteiger charge is -2.56. The summed E-state index contributed by atoms with van der Waals surface area (Å²) in [6.07, 6.45) is -2.19. The number of carbonyl (C=O) groups is 10. The number of halogens is 2. The predicted molar refractivity (Wildman–Crippen MR) is 325 cm³/mol. The summed E-state index contributed by atoms with van der Waals surface area (Å²) in [7, 11) is 0. The first kappa shape index (κ1) is 74.0. The number of rotatable bonds is 34. The van der Waals surface area contributed by atoms with E-state index in [2.05, 4.69) is 26.6 Å². The van der Waals surface area contributed by atoms with Gasteiger partial charge in [-0.05, 0) is 130 Å². The highest BCUT2D eigenvalue weighted by Gasteiger charge is 2.76. The molecule has 3 aliphatic carbocycles. The quantitative estimate of drug-likeness (QED) is 0.0302. The highest BCUT2D eigenvalue weighted by atomic mass is 19.1. The van der Waals surface area contributed by atoms with Crippen LogP contribution in [-0.4, -0.2) is 154 Å². The summed E-state index contributed by atoms with van der Waals surface area (Å²) in [4.78, 5) is 131. The van der Waals surface area contributed by atoms with E-state index in [1.165, 1.54) is 43.3 Å². The van der Waals surface area contributed by atoms with Gasteiger partial charge >= 0.3 is 24.1 Å². The van der Waals surface area contributed by atoms with E-state index in [4.69, 9.17) is 35.5 Å². The number of hydrogen-bond donors (Lipinski definition) is 10. The van der Waals surface area contributed by atoms with Gasteiger partial charge in [-0.3, -0.25) is 33.6 Å². The molecule has 1 aliphatic heterocycles. The number of aliphatic hydroxyl groups excluding tert-OH is 2. The van der Waals surface area contributed by atoms with Crippen LogP contribution in [0.2, 0.25) is 0 Å². The molecule has 0 radical (unpaired) electrons. The molecule has 24 nitrogen and oxygen atoms in total. The molecular formula is C64H95F2N7O17. The number of carboxylic acid groups (broad SMARTS) is 1. The number of amides is 6. The predicted octanol–water partition coefficient (Wildman–Crippen LogP) is 5.47. The summed E-state index contributed by atoms with van der Waals surface area (Å²) in [5, 5.41) is 44.1. The van der Waals surface area contributed by atoms with Crippen LogP contribution >= 0.6 is 0 Å². The number of alkyl carbamates (subject to hydrolysis) is 1. The van der Waals surface area contributed by atoms with E-state index in [1.807, 2.05) is 20.8 Å². The van der Waals surface area contributed by atoms with Crippen molar-refractivity contribution in [2.75, 3.05) is 25.1 Å². The maximum Gasteiger partial charge on any atom is 0.408 e. The second-order valence-corrected chi connectivity index (χ2v) is 25.9. The van der Waals surface area contributed by atoms with E-state index >= 15 is 8.78 Å². The minimum atomic E-state index is -2.49. The highest BCUT2D eigenvalue weighted by molar-refractivity contribution is 6.01. The maximum absolute atomic E-state index is 17.9. The maximum atomic E-state index is 17.9. The number of carboxylic acids is 1. The number of hydrogen-bond acceptors (Lipinski definition) is 17. The highest BCUT2D eigenvalue weighted by Crippen LogP contribution is 2.68. The second-order valence-electron chi connectivity index (χ2n) is 25.9. The van der Waals surface area contributed by atoms with Crippen molar-refractivity contribution in [1.82, 2.24) is 21.3 Å². The number of Topliss-reactive ketones (excluding diaryl/α,β-unsaturated/α-hetero) is 2. The number of benzene rings is 1. The summed E-state index contributed by atoms with van der Waals surface area (Å²) in [5.74, 6) is -8.43. The van der Waals surface area contributed by atoms with Crippen LogP contribution in [0.15, 0.2) is 48.1 Å². The summed E-state index contributed by atoms with van der Waals surface area (Å²) in [6, 6.07) is 0.181. The van der Waals surface area contributed by atoms with E-state index in [0.717, 1.165) is 6.08 Å². The Morgan fingerprint density at radius 2 is 1.53 bits per heavy atom. The molecule has 1 heterocycles. The molecule has 2 saturated carbocycles. The number of allylic oxidation sites excluding steroid dienone is 4. The molecule has 12 N–H and O–H groups in total. The zero-order valence-electron chi connectivity index (χ0n) is 53.4. The zero-order valence-corrected chi connectivity index (χ0v) is 53.4. The SMILES string of the molecule is CCCC1O[C@@H]2CC3C[C@@](F)([C@@]4(C)C=CC(=O)C=C4[C@@H](F)CC)[C@@H](O)C[C@]3(C)[C@]2(C(=O)COC(=O)[C@H](CC(C)C)NC(=O)[C@H](CO)NC(=O)OCc2ccc(NC(=O)[C@H](CCCNC(N)=O)NC(=O)[C@@H](CC(C)C(C)C(=O)[C@H](N)CCC(=O)O)C(C)C)cc2)O1. The second kappa shape index (κ2) is 32.0. The monoisotopic (exact) mass is 1270 g/mol. The van der Waals surface area contributed by atoms with Gasteiger partial charge in [0.05, 0.1) is 24.9 Å². The van der Waals surface area contributed by atoms with Crippen molar-refractivity contribution in [3.05, 3.63) is 53.6 Å². The molecule has 1 aromatic rings. The van der Waals surface area contributed by atoms with Gasteiger partial charge in [0, 0.05) is 41.3 Å². The van der Waals surface area contributed by atoms with Crippen molar-refractivity contribution in [1.29, 1.82) is 0 Å². The van der Waals surface area contributed by atoms with Crippen molar-refractivity contribution in [3.8, 4) is 0 Å². The summed E-state index contributed by atoms with van der Waals surface area (Å²) >= 11 is 0. The number of anilines is 1. The van der Waals surface area contributed by atoms with Gasteiger partial charge in [-0.2, -0.15) is 0 Å². The van der Waals surface area contributed by atoms with Gasteiger partial charge in [0.2, 0.25) is 23.5 Å². The van der Waals surface area contributed by atoms with Gasteiger partial charge in [-0.1, -0.05) is 86.9 Å². The summed E-state index contributed by atoms with van der Waals surface area (Å²) in [6.45, 7) is 15.2. The normalized spacial score (nSPS) is 27.1. The Kier molecular flexibility index (Phi) is 26.3. The van der Waals surface area contributed by atoms with Crippen LogP contribution in [-0.2, 0) is 63.9 Å². The van der Waals surface area contributed by atoms with Crippen molar-refractivity contribution in [2.24, 2.45) is 57.8 Å². The molecule has 1 saturated heterocycles. The lowest BCUT2D eigenvalue weighted by molar-refractivity contribution is -0.205. The molecule has 502 valence electrons. The Balaban J connectivity index is 1.19. The average molecular weight is 1270 g/mol. The van der Waals surface area contributed by atoms with E-state index in [-0.39, 0.29) is 106 Å². The fourth-order valence-corrected chi connectivity index (χ4v) is 13.1. The van der Waals surface area contributed by atoms with Crippen molar-refractivity contribution < 1.29 is 91.0 Å². The lowest BCUT2D eigenvalue weighted by atomic mass is 9.51. The van der Waals surface area contributed by atoms with Crippen LogP contribution in [0.4, 0.5) is 24.1 Å². The molecule has 26 heteroatoms. The Morgan fingerprint density at radius 1 is 0.867 bits per heavy atom. The minimum absolute atomic E-state index is 0.0103. The Hall–Kier alpha value is -6.74. The van der Waals surface area contributed by atoms with Crippen LogP contribution in [0.3, 0.4) is 0 Å². The van der Waals surface area contributed by atoms with E-state index in [9.17, 15) is 58.2 Å². The van der Waals surface area contributed by atoms with Crippen LogP contribution in [0.1, 0.15) is 152 Å². The molecule has 4 unspecified atom stereocenters. The van der Waals surface area contributed by atoms with Crippen LogP contribution in [0.25, 0.3) is 0 Å². The molecule has 1 aromatic carbocycles. The molecule has 6 amide bonds. The molecule has 0 aromatic heterocycles. The number of urea groups is 1. The largest absolute Gasteiger partial charge is 0.481 e. The van der Waals surface area contributed by atoms with Gasteiger partial charge < -0.3 is 72.3 Å². The van der Waals surface area contributed by atoms with E-state index in [0.29, 0.717) is 24.1 Å². The van der Waals surface area contributed by atoms with Gasteiger partial charge in [0.15, 0.2) is 30.1 Å². The Morgan fingerprint density at radius 3 is 2.13 bits per heavy atom. The molecule has 3 fully saturated rings. The van der Waals surface area contributed by atoms with Crippen LogP contribution in [0.5, 0.6) is 0 Å². The van der Waals surface area contributed by atoms with E-state index < -0.39 is 155 Å². The number of nitrogens with two attached hydrogens (primary N) is 2. The van der Waals surface area contributed by atoms with Crippen LogP contribution < -0.4 is 38.1 Å². The number of aliphatic carboxylic acids is 1. The van der Waals surface area contributed by atoms with Crippen molar-refractivity contribution >= 4 is 64.8 Å². The topological polar surface area (TPSA) is 380 Å². The molecular weight excluding hydrogens is 1180 g/mol. The molecule has 0 spiro atoms. The fraction of sp³-hybridized carbons (Fsp3) is 0.688. The lowest BCUT2D eigenvalue weighted by Crippen LogP contribution is -2.65. The standard InChI is InChI=1S/C64H95F2N7O17/c1-11-14-53-89-51-27-39-29-63(66,61(9)23-22-41(75)28-43(61)44(65)12-2)49(76)30-62(39,10)64(51,90-53)50(77)33-87-58(84)47(25-34(3)4)72-57(83)48(31-74)73-60(86)88-32-38-16-18-40(19-17-38)70-56(82)46(15-13-24-69-59(68)85)71-55(81)42(35(5)6)26-36(7)37(8)54(80)45(67)20-21-52(78)79/h16-19,22-23,28,34-37,39,42,44-49,51,53,74,76H,11-15,20-21,24-27,29-33,67H2,1-10H3,(H,70,82)(H,71,81)(H,72,83)(H,73,86)(H,78,79)(H3,68,69,85)/t36?,37?,39?,42-,44-,45+,46-,47-,48-,49-,51+,53?,61-,62-,63-,64+/m0/s1. The van der Waals surface area contributed by atoms with Gasteiger partial charge in [0.1, 0.15) is 36.6 Å². The molecule has 90 heavy (non-hydrogen) atoms. The zero-order chi connectivity index (χ0) is 67.2. The van der Waals surface area contributed by atoms with Gasteiger partial charge in [0.25, 0.3) is 0 Å². The number of ether oxygens (including phenoxy) is 4. The summed E-state index contributed by atoms with van der Waals surface area (Å²) < 4.78 is 57.3. The first-order chi connectivity index (χ1) is 42.2. The number of nitrogens with one attached hydrogen (secondary N) is 5. The number of primary amides is 1. The first-order valence-corrected chi connectivity index (χ1v) is 31.3. The average Bonchev–Trinajstić information content (AvgIpc) is 1.49. The van der Waals surface area contributed by atoms with Crippen molar-refractivity contribution in [2.45, 2.75) is 213 Å². The van der Waals surface area contributed by atoms with Gasteiger partial charge in [-0.25, -0.2) is 23.2 Å². The molecule has 4 aliphatic rings. The van der Waals surface area contributed by atoms with Crippen LogP contribution in [0, 0.1) is 46.3 Å². The fourth-order valence-electron chi connectivity index (χ4n) is 13.1.